The number of aliphatic hydroxyl groups is 1. The molecule has 0 aliphatic carbocycles. The second-order valence-corrected chi connectivity index (χ2v) is 7.72. The van der Waals surface area contributed by atoms with E-state index in [2.05, 4.69) is 15.1 Å². The zero-order valence-electron chi connectivity index (χ0n) is 15.6. The van der Waals surface area contributed by atoms with Crippen LogP contribution in [0.3, 0.4) is 0 Å². The summed E-state index contributed by atoms with van der Waals surface area (Å²) in [6, 6.07) is 7.79. The molecule has 3 aromatic rings. The largest absolute Gasteiger partial charge is 0.438 e. The van der Waals surface area contributed by atoms with Crippen molar-refractivity contribution in [2.75, 3.05) is 5.01 Å². The Balaban J connectivity index is 1.89. The maximum Gasteiger partial charge on any atom is 0.438 e. The smallest absolute Gasteiger partial charge is 0.362 e. The van der Waals surface area contributed by atoms with E-state index in [0.29, 0.717) is 6.07 Å². The zero-order chi connectivity index (χ0) is 23.3. The number of halogens is 7. The van der Waals surface area contributed by atoms with Crippen molar-refractivity contribution in [2.24, 2.45) is 5.10 Å². The van der Waals surface area contributed by atoms with E-state index in [0.717, 1.165) is 35.6 Å². The van der Waals surface area contributed by atoms with E-state index >= 15 is 0 Å². The minimum absolute atomic E-state index is 0.0435. The Labute approximate surface area is 179 Å². The number of aromatic nitrogens is 2. The van der Waals surface area contributed by atoms with Gasteiger partial charge in [0, 0.05) is 0 Å². The highest BCUT2D eigenvalue weighted by atomic mass is 32.1. The molecular weight excluding hydrogens is 465 g/mol. The molecule has 0 amide bonds. The van der Waals surface area contributed by atoms with E-state index < -0.39 is 42.0 Å². The predicted molar refractivity (Wildman–Crippen MR) is 101 cm³/mol. The Kier molecular flexibility index (Phi) is 5.20. The van der Waals surface area contributed by atoms with Crippen molar-refractivity contribution in [1.82, 2.24) is 9.97 Å². The summed E-state index contributed by atoms with van der Waals surface area (Å²) in [5.74, 6) is -1.74. The second-order valence-electron chi connectivity index (χ2n) is 6.77. The fourth-order valence-electron chi connectivity index (χ4n) is 3.00. The van der Waals surface area contributed by atoms with Gasteiger partial charge in [0.25, 0.3) is 5.72 Å². The standard InChI is InChI=1S/C19H11F7N4OS/c20-11-5-3-10(4-6-11)13-9-17(31,19(24,25)26)30(29-13)16-27-12(14-2-1-7-32-14)8-15(28-16)18(21,22)23/h1-8,31H,9H2/t17-/m0/s1. The van der Waals surface area contributed by atoms with E-state index in [4.69, 9.17) is 0 Å². The average molecular weight is 476 g/mol. The van der Waals surface area contributed by atoms with Gasteiger partial charge in [-0.3, -0.25) is 0 Å². The van der Waals surface area contributed by atoms with Crippen LogP contribution in [-0.4, -0.2) is 32.7 Å². The van der Waals surface area contributed by atoms with E-state index in [9.17, 15) is 35.8 Å². The Morgan fingerprint density at radius 2 is 1.69 bits per heavy atom. The van der Waals surface area contributed by atoms with Crippen molar-refractivity contribution in [3.8, 4) is 10.6 Å². The van der Waals surface area contributed by atoms with Crippen LogP contribution >= 0.6 is 11.3 Å². The lowest BCUT2D eigenvalue weighted by atomic mass is 10.0. The first kappa shape index (κ1) is 22.1. The number of anilines is 1. The molecule has 168 valence electrons. The van der Waals surface area contributed by atoms with Gasteiger partial charge < -0.3 is 5.11 Å². The molecular formula is C19H11F7N4OS. The molecule has 0 saturated heterocycles. The fraction of sp³-hybridized carbons (Fsp3) is 0.211. The highest BCUT2D eigenvalue weighted by Gasteiger charge is 2.63. The summed E-state index contributed by atoms with van der Waals surface area (Å²) >= 11 is 1.02. The van der Waals surface area contributed by atoms with Crippen molar-refractivity contribution < 1.29 is 35.8 Å². The van der Waals surface area contributed by atoms with Crippen LogP contribution < -0.4 is 5.01 Å². The van der Waals surface area contributed by atoms with E-state index in [1.54, 1.807) is 5.38 Å². The van der Waals surface area contributed by atoms with Gasteiger partial charge in [-0.2, -0.15) is 36.5 Å². The van der Waals surface area contributed by atoms with E-state index in [1.807, 2.05) is 0 Å². The number of hydrogen-bond acceptors (Lipinski definition) is 6. The third-order valence-corrected chi connectivity index (χ3v) is 5.48. The molecule has 1 aliphatic heterocycles. The first-order chi connectivity index (χ1) is 14.9. The van der Waals surface area contributed by atoms with Crippen LogP contribution in [0.15, 0.2) is 52.9 Å². The van der Waals surface area contributed by atoms with Crippen molar-refractivity contribution in [2.45, 2.75) is 24.5 Å². The number of hydrogen-bond donors (Lipinski definition) is 1. The summed E-state index contributed by atoms with van der Waals surface area (Å²) < 4.78 is 95.0. The first-order valence-electron chi connectivity index (χ1n) is 8.81. The molecule has 32 heavy (non-hydrogen) atoms. The summed E-state index contributed by atoms with van der Waals surface area (Å²) in [6.45, 7) is 0. The summed E-state index contributed by atoms with van der Waals surface area (Å²) in [4.78, 5) is 7.28. The molecule has 0 unspecified atom stereocenters. The number of hydrazone groups is 1. The van der Waals surface area contributed by atoms with Crippen LogP contribution in [-0.2, 0) is 6.18 Å². The van der Waals surface area contributed by atoms with Gasteiger partial charge in [0.2, 0.25) is 5.95 Å². The van der Waals surface area contributed by atoms with Crippen LogP contribution in [0, 0.1) is 5.82 Å². The van der Waals surface area contributed by atoms with Gasteiger partial charge >= 0.3 is 12.4 Å². The Bertz CT molecular complexity index is 1160. The third-order valence-electron chi connectivity index (χ3n) is 4.58. The molecule has 1 aromatic carbocycles. The highest BCUT2D eigenvalue weighted by Crippen LogP contribution is 2.44. The number of nitrogens with zero attached hydrogens (tertiary/aromatic N) is 4. The SMILES string of the molecule is O[C@]1(C(F)(F)F)CC(c2ccc(F)cc2)=NN1c1nc(-c2cccs2)cc(C(F)(F)F)n1. The van der Waals surface area contributed by atoms with Crippen LogP contribution in [0.25, 0.3) is 10.6 Å². The highest BCUT2D eigenvalue weighted by molar-refractivity contribution is 7.13. The molecule has 0 fully saturated rings. The Morgan fingerprint density at radius 1 is 1.00 bits per heavy atom. The maximum absolute atomic E-state index is 13.8. The molecule has 1 atom stereocenters. The van der Waals surface area contributed by atoms with Crippen LogP contribution in [0.2, 0.25) is 0 Å². The van der Waals surface area contributed by atoms with Gasteiger partial charge in [-0.15, -0.1) is 11.3 Å². The molecule has 0 spiro atoms. The first-order valence-corrected chi connectivity index (χ1v) is 9.69. The predicted octanol–water partition coefficient (Wildman–Crippen LogP) is 5.23. The average Bonchev–Trinajstić information content (AvgIpc) is 3.36. The molecule has 0 saturated carbocycles. The third kappa shape index (κ3) is 3.93. The summed E-state index contributed by atoms with van der Waals surface area (Å²) in [5, 5.41) is 15.7. The van der Waals surface area contributed by atoms with Crippen LogP contribution in [0.4, 0.5) is 36.7 Å². The van der Waals surface area contributed by atoms with E-state index in [-0.39, 0.29) is 26.9 Å². The summed E-state index contributed by atoms with van der Waals surface area (Å²) in [7, 11) is 0. The summed E-state index contributed by atoms with van der Waals surface area (Å²) in [5.41, 5.74) is -5.79. The second kappa shape index (κ2) is 7.52. The van der Waals surface area contributed by atoms with E-state index in [1.165, 1.54) is 12.1 Å². The van der Waals surface area contributed by atoms with Gasteiger partial charge in [0.05, 0.1) is 22.7 Å². The molecule has 3 heterocycles. The molecule has 5 nitrogen and oxygen atoms in total. The molecule has 1 aliphatic rings. The maximum atomic E-state index is 13.8. The zero-order valence-corrected chi connectivity index (χ0v) is 16.4. The molecule has 1 N–H and O–H groups in total. The lowest BCUT2D eigenvalue weighted by Gasteiger charge is -2.32. The lowest BCUT2D eigenvalue weighted by Crippen LogP contribution is -2.55. The molecule has 4 rings (SSSR count). The van der Waals surface area contributed by atoms with Gasteiger partial charge in [-0.05, 0) is 35.2 Å². The van der Waals surface area contributed by atoms with Gasteiger partial charge in [0.1, 0.15) is 5.82 Å². The van der Waals surface area contributed by atoms with Crippen LogP contribution in [0.5, 0.6) is 0 Å². The minimum atomic E-state index is -5.33. The topological polar surface area (TPSA) is 61.6 Å². The molecule has 0 bridgehead atoms. The quantitative estimate of drug-likeness (QED) is 0.526. The summed E-state index contributed by atoms with van der Waals surface area (Å²) in [6.07, 6.45) is -11.5. The van der Waals surface area contributed by atoms with Gasteiger partial charge in [-0.1, -0.05) is 18.2 Å². The van der Waals surface area contributed by atoms with Crippen LogP contribution in [0.1, 0.15) is 17.7 Å². The molecule has 0 radical (unpaired) electrons. The molecule has 13 heteroatoms. The monoisotopic (exact) mass is 476 g/mol. The van der Waals surface area contributed by atoms with Crippen molar-refractivity contribution >= 4 is 23.0 Å². The van der Waals surface area contributed by atoms with Gasteiger partial charge in [0.15, 0.2) is 5.69 Å². The van der Waals surface area contributed by atoms with Crippen molar-refractivity contribution in [1.29, 1.82) is 0 Å². The number of thiophene rings is 1. The minimum Gasteiger partial charge on any atom is -0.362 e. The number of rotatable bonds is 3. The Hall–Kier alpha value is -3.06. The lowest BCUT2D eigenvalue weighted by molar-refractivity contribution is -0.254. The number of benzene rings is 1. The Morgan fingerprint density at radius 3 is 2.25 bits per heavy atom. The van der Waals surface area contributed by atoms with Crippen molar-refractivity contribution in [3.63, 3.8) is 0 Å². The fourth-order valence-corrected chi connectivity index (χ4v) is 3.69. The van der Waals surface area contributed by atoms with Gasteiger partial charge in [-0.25, -0.2) is 14.4 Å². The van der Waals surface area contributed by atoms with Crippen molar-refractivity contribution in [3.05, 3.63) is 64.9 Å². The number of alkyl halides is 6. The molecule has 2 aromatic heterocycles. The normalized spacial score (nSPS) is 19.4.